The Morgan fingerprint density at radius 2 is 1.51 bits per heavy atom. The Labute approximate surface area is 240 Å². The first kappa shape index (κ1) is 30.4. The van der Waals surface area contributed by atoms with Crippen LogP contribution in [0.4, 0.5) is 5.69 Å². The van der Waals surface area contributed by atoms with Gasteiger partial charge < -0.3 is 10.2 Å². The molecule has 0 aliphatic heterocycles. The Morgan fingerprint density at radius 1 is 0.897 bits per heavy atom. The molecule has 9 heteroatoms. The van der Waals surface area contributed by atoms with Crippen LogP contribution in [0.5, 0.6) is 0 Å². The molecule has 0 unspecified atom stereocenters. The Morgan fingerprint density at radius 3 is 2.10 bits per heavy atom. The summed E-state index contributed by atoms with van der Waals surface area (Å²) in [6.07, 6.45) is 1.98. The van der Waals surface area contributed by atoms with Crippen LogP contribution in [0, 0.1) is 0 Å². The maximum atomic E-state index is 14.1. The highest BCUT2D eigenvalue weighted by molar-refractivity contribution is 9.10. The summed E-state index contributed by atoms with van der Waals surface area (Å²) < 4.78 is 28.0. The molecule has 0 aliphatic carbocycles. The molecule has 0 saturated heterocycles. The second kappa shape index (κ2) is 13.8. The van der Waals surface area contributed by atoms with Crippen LogP contribution >= 0.6 is 15.9 Å². The molecule has 3 rings (SSSR count). The van der Waals surface area contributed by atoms with E-state index >= 15 is 0 Å². The summed E-state index contributed by atoms with van der Waals surface area (Å²) in [6.45, 7) is 5.39. The fourth-order valence-electron chi connectivity index (χ4n) is 4.37. The molecule has 208 valence electrons. The minimum Gasteiger partial charge on any atom is -0.352 e. The summed E-state index contributed by atoms with van der Waals surface area (Å²) in [6, 6.07) is 23.2. The number of benzene rings is 3. The van der Waals surface area contributed by atoms with Gasteiger partial charge in [-0.05, 0) is 55.2 Å². The predicted molar refractivity (Wildman–Crippen MR) is 160 cm³/mol. The summed E-state index contributed by atoms with van der Waals surface area (Å²) in [4.78, 5) is 29.2. The Bertz CT molecular complexity index is 1360. The molecule has 1 atom stereocenters. The summed E-state index contributed by atoms with van der Waals surface area (Å²) >= 11 is 3.44. The van der Waals surface area contributed by atoms with E-state index in [4.69, 9.17) is 0 Å². The van der Waals surface area contributed by atoms with Crippen molar-refractivity contribution >= 4 is 43.5 Å². The topological polar surface area (TPSA) is 86.8 Å². The number of hydrogen-bond acceptors (Lipinski definition) is 4. The van der Waals surface area contributed by atoms with Crippen molar-refractivity contribution in [2.45, 2.75) is 52.2 Å². The van der Waals surface area contributed by atoms with E-state index < -0.39 is 28.5 Å². The van der Waals surface area contributed by atoms with Crippen molar-refractivity contribution in [3.63, 3.8) is 0 Å². The van der Waals surface area contributed by atoms with Crippen molar-refractivity contribution in [2.75, 3.05) is 17.1 Å². The number of para-hydroxylation sites is 1. The van der Waals surface area contributed by atoms with E-state index in [0.717, 1.165) is 31.7 Å². The smallest absolute Gasteiger partial charge is 0.244 e. The molecule has 3 aromatic carbocycles. The van der Waals surface area contributed by atoms with Crippen LogP contribution < -0.4 is 9.62 Å². The van der Waals surface area contributed by atoms with Gasteiger partial charge in [0.15, 0.2) is 0 Å². The maximum Gasteiger partial charge on any atom is 0.244 e. The number of amides is 2. The maximum absolute atomic E-state index is 14.1. The van der Waals surface area contributed by atoms with Crippen LogP contribution in [-0.4, -0.2) is 50.0 Å². The Hall–Kier alpha value is -3.17. The molecule has 0 aliphatic rings. The fourth-order valence-corrected chi connectivity index (χ4v) is 5.51. The molecule has 2 amide bonds. The first-order valence-electron chi connectivity index (χ1n) is 12.9. The number of carbonyl (C=O) groups is 2. The second-order valence-electron chi connectivity index (χ2n) is 9.77. The lowest BCUT2D eigenvalue weighted by Crippen LogP contribution is -2.54. The average molecular weight is 615 g/mol. The number of nitrogens with zero attached hydrogens (tertiary/aromatic N) is 2. The number of hydrogen-bond donors (Lipinski definition) is 1. The first-order valence-corrected chi connectivity index (χ1v) is 15.6. The Balaban J connectivity index is 2.07. The van der Waals surface area contributed by atoms with Crippen molar-refractivity contribution in [3.05, 3.63) is 100 Å². The lowest BCUT2D eigenvalue weighted by Gasteiger charge is -2.34. The quantitative estimate of drug-likeness (QED) is 0.313. The molecule has 0 heterocycles. The second-order valence-corrected chi connectivity index (χ2v) is 12.6. The molecule has 0 bridgehead atoms. The van der Waals surface area contributed by atoms with Crippen molar-refractivity contribution in [2.24, 2.45) is 0 Å². The molecule has 0 radical (unpaired) electrons. The van der Waals surface area contributed by atoms with E-state index in [0.29, 0.717) is 12.1 Å². The lowest BCUT2D eigenvalue weighted by molar-refractivity contribution is -0.140. The van der Waals surface area contributed by atoms with E-state index in [1.165, 1.54) is 4.90 Å². The summed E-state index contributed by atoms with van der Waals surface area (Å²) in [5, 5.41) is 2.95. The van der Waals surface area contributed by atoms with Gasteiger partial charge in [0.1, 0.15) is 12.6 Å². The van der Waals surface area contributed by atoms with Crippen molar-refractivity contribution in [1.29, 1.82) is 0 Å². The largest absolute Gasteiger partial charge is 0.352 e. The molecule has 7 nitrogen and oxygen atoms in total. The molecule has 0 fully saturated rings. The lowest BCUT2D eigenvalue weighted by atomic mass is 10.0. The zero-order chi connectivity index (χ0) is 28.6. The van der Waals surface area contributed by atoms with Gasteiger partial charge in [-0.15, -0.1) is 0 Å². The van der Waals surface area contributed by atoms with Gasteiger partial charge in [0.05, 0.1) is 11.9 Å². The number of anilines is 1. The van der Waals surface area contributed by atoms with Gasteiger partial charge in [-0.2, -0.15) is 0 Å². The van der Waals surface area contributed by atoms with Crippen LogP contribution in [0.2, 0.25) is 0 Å². The monoisotopic (exact) mass is 613 g/mol. The van der Waals surface area contributed by atoms with E-state index in [1.807, 2.05) is 87.5 Å². The summed E-state index contributed by atoms with van der Waals surface area (Å²) in [7, 11) is -3.80. The zero-order valence-corrected chi connectivity index (χ0v) is 25.2. The van der Waals surface area contributed by atoms with Crippen molar-refractivity contribution < 1.29 is 18.0 Å². The van der Waals surface area contributed by atoms with Gasteiger partial charge in [-0.3, -0.25) is 13.9 Å². The average Bonchev–Trinajstić information content (AvgIpc) is 2.89. The number of nitrogens with one attached hydrogen (secondary N) is 1. The third-order valence-corrected chi connectivity index (χ3v) is 7.94. The van der Waals surface area contributed by atoms with Gasteiger partial charge in [-0.25, -0.2) is 8.42 Å². The Kier molecular flexibility index (Phi) is 10.7. The third-order valence-electron chi connectivity index (χ3n) is 6.29. The third kappa shape index (κ3) is 8.66. The fraction of sp³-hybridized carbons (Fsp3) is 0.333. The van der Waals surface area contributed by atoms with Crippen LogP contribution in [0.3, 0.4) is 0 Å². The van der Waals surface area contributed by atoms with E-state index in [2.05, 4.69) is 21.2 Å². The van der Waals surface area contributed by atoms with Gasteiger partial charge in [0.2, 0.25) is 21.8 Å². The number of halogens is 1. The minimum absolute atomic E-state index is 0.135. The molecule has 0 aromatic heterocycles. The molecule has 0 saturated carbocycles. The van der Waals surface area contributed by atoms with Crippen LogP contribution in [0.25, 0.3) is 0 Å². The minimum atomic E-state index is -3.80. The van der Waals surface area contributed by atoms with Crippen LogP contribution in [-0.2, 0) is 39.0 Å². The summed E-state index contributed by atoms with van der Waals surface area (Å²) in [5.41, 5.74) is 2.99. The number of aryl methyl sites for hydroxylation is 1. The molecule has 0 spiro atoms. The molecular weight excluding hydrogens is 578 g/mol. The number of carbonyl (C=O) groups excluding carboxylic acids is 2. The number of rotatable bonds is 12. The van der Waals surface area contributed by atoms with E-state index in [-0.39, 0.29) is 24.9 Å². The highest BCUT2D eigenvalue weighted by Gasteiger charge is 2.33. The van der Waals surface area contributed by atoms with Crippen molar-refractivity contribution in [3.8, 4) is 0 Å². The number of sulfonamides is 1. The molecule has 1 N–H and O–H groups in total. The highest BCUT2D eigenvalue weighted by atomic mass is 79.9. The van der Waals surface area contributed by atoms with Gasteiger partial charge in [0.25, 0.3) is 0 Å². The van der Waals surface area contributed by atoms with Gasteiger partial charge in [0, 0.05) is 23.5 Å². The first-order chi connectivity index (χ1) is 18.5. The van der Waals surface area contributed by atoms with Gasteiger partial charge in [-0.1, -0.05) is 83.5 Å². The molecular formula is C30H36BrN3O4S. The zero-order valence-electron chi connectivity index (χ0n) is 22.8. The van der Waals surface area contributed by atoms with E-state index in [9.17, 15) is 18.0 Å². The van der Waals surface area contributed by atoms with Gasteiger partial charge >= 0.3 is 0 Å². The van der Waals surface area contributed by atoms with Crippen molar-refractivity contribution in [1.82, 2.24) is 10.2 Å². The highest BCUT2D eigenvalue weighted by Crippen LogP contribution is 2.25. The molecule has 39 heavy (non-hydrogen) atoms. The van der Waals surface area contributed by atoms with Crippen LogP contribution in [0.1, 0.15) is 37.5 Å². The SMILES string of the molecule is CCc1ccccc1N(CC(=O)N(Cc1ccc(Br)cc1)[C@H](Cc1ccccc1)C(=O)NC(C)C)S(C)(=O)=O. The molecule has 3 aromatic rings. The van der Waals surface area contributed by atoms with E-state index in [1.54, 1.807) is 12.1 Å². The predicted octanol–water partition coefficient (Wildman–Crippen LogP) is 4.94. The standard InChI is InChI=1S/C30H36BrN3O4S/c1-5-25-13-9-10-14-27(25)34(39(4,37)38)21-29(35)33(20-24-15-17-26(31)18-16-24)28(30(36)32-22(2)3)19-23-11-7-6-8-12-23/h6-18,22,28H,5,19-21H2,1-4H3,(H,32,36)/t28-/m1/s1. The van der Waals surface area contributed by atoms with Crippen LogP contribution in [0.15, 0.2) is 83.3 Å². The summed E-state index contributed by atoms with van der Waals surface area (Å²) in [5.74, 6) is -0.756. The normalized spacial score (nSPS) is 12.2.